The van der Waals surface area contributed by atoms with Crippen LogP contribution >= 0.6 is 0 Å². The van der Waals surface area contributed by atoms with Crippen LogP contribution < -0.4 is 5.32 Å². The summed E-state index contributed by atoms with van der Waals surface area (Å²) in [6.07, 6.45) is 4.56. The van der Waals surface area contributed by atoms with E-state index in [1.807, 2.05) is 4.90 Å². The van der Waals surface area contributed by atoms with Gasteiger partial charge in [-0.2, -0.15) is 0 Å². The fourth-order valence-electron chi connectivity index (χ4n) is 3.91. The highest BCUT2D eigenvalue weighted by molar-refractivity contribution is 5.88. The minimum atomic E-state index is -0.661. The maximum Gasteiger partial charge on any atom is 0.257 e. The van der Waals surface area contributed by atoms with Crippen molar-refractivity contribution in [3.63, 3.8) is 0 Å². The number of aryl methyl sites for hydroxylation is 1. The van der Waals surface area contributed by atoms with Crippen molar-refractivity contribution in [3.8, 4) is 0 Å². The van der Waals surface area contributed by atoms with Crippen LogP contribution in [0, 0.1) is 12.7 Å². The number of halogens is 1. The third-order valence-corrected chi connectivity index (χ3v) is 5.16. The third-order valence-electron chi connectivity index (χ3n) is 5.16. The number of nitrogens with one attached hydrogen (secondary N) is 1. The van der Waals surface area contributed by atoms with Crippen LogP contribution in [-0.2, 0) is 9.53 Å². The zero-order valence-corrected chi connectivity index (χ0v) is 12.6. The number of piperidine rings is 1. The Morgan fingerprint density at radius 1 is 1.41 bits per heavy atom. The van der Waals surface area contributed by atoms with E-state index in [9.17, 15) is 9.18 Å². The number of hydrogen-bond acceptors (Lipinski definition) is 4. The molecule has 22 heavy (non-hydrogen) atoms. The zero-order chi connectivity index (χ0) is 15.3. The van der Waals surface area contributed by atoms with Gasteiger partial charge in [-0.25, -0.2) is 4.39 Å². The lowest BCUT2D eigenvalue weighted by Crippen LogP contribution is -2.49. The lowest BCUT2D eigenvalue weighted by Gasteiger charge is -2.32. The number of rotatable bonds is 1. The van der Waals surface area contributed by atoms with Crippen LogP contribution in [-0.4, -0.2) is 40.7 Å². The SMILES string of the molecule is Cc1ncc([C@@H]2CC[C@H]3OC4(CCNCC4)C(=O)N32)cc1F. The summed E-state index contributed by atoms with van der Waals surface area (Å²) in [5, 5.41) is 3.27. The largest absolute Gasteiger partial charge is 0.342 e. The van der Waals surface area contributed by atoms with Gasteiger partial charge in [0.05, 0.1) is 11.7 Å². The number of carbonyl (C=O) groups is 1. The molecule has 0 unspecified atom stereocenters. The second kappa shape index (κ2) is 4.99. The van der Waals surface area contributed by atoms with Crippen molar-refractivity contribution in [2.45, 2.75) is 50.5 Å². The molecule has 1 aromatic rings. The van der Waals surface area contributed by atoms with Crippen molar-refractivity contribution in [2.24, 2.45) is 0 Å². The molecule has 0 radical (unpaired) electrons. The monoisotopic (exact) mass is 305 g/mol. The third kappa shape index (κ3) is 1.97. The van der Waals surface area contributed by atoms with Crippen LogP contribution in [0.25, 0.3) is 0 Å². The Labute approximate surface area is 128 Å². The molecule has 3 saturated heterocycles. The highest BCUT2D eigenvalue weighted by Gasteiger charge is 2.57. The molecule has 0 bridgehead atoms. The van der Waals surface area contributed by atoms with Crippen LogP contribution in [0.2, 0.25) is 0 Å². The van der Waals surface area contributed by atoms with Crippen LogP contribution in [0.5, 0.6) is 0 Å². The van der Waals surface area contributed by atoms with Gasteiger partial charge in [0.1, 0.15) is 12.0 Å². The van der Waals surface area contributed by atoms with E-state index in [2.05, 4.69) is 10.3 Å². The lowest BCUT2D eigenvalue weighted by atomic mass is 9.90. The number of aromatic nitrogens is 1. The minimum absolute atomic E-state index is 0.0717. The Bertz CT molecular complexity index is 615. The van der Waals surface area contributed by atoms with Crippen LogP contribution in [0.3, 0.4) is 0 Å². The molecule has 1 amide bonds. The van der Waals surface area contributed by atoms with Gasteiger partial charge < -0.3 is 15.0 Å². The van der Waals surface area contributed by atoms with E-state index in [-0.39, 0.29) is 24.0 Å². The van der Waals surface area contributed by atoms with Gasteiger partial charge in [-0.3, -0.25) is 9.78 Å². The Balaban J connectivity index is 1.64. The van der Waals surface area contributed by atoms with E-state index >= 15 is 0 Å². The van der Waals surface area contributed by atoms with E-state index < -0.39 is 5.60 Å². The molecule has 1 aromatic heterocycles. The second-order valence-electron chi connectivity index (χ2n) is 6.46. The molecule has 3 aliphatic rings. The molecule has 2 atom stereocenters. The number of amides is 1. The highest BCUT2D eigenvalue weighted by atomic mass is 19.1. The van der Waals surface area contributed by atoms with Crippen molar-refractivity contribution in [2.75, 3.05) is 13.1 Å². The summed E-state index contributed by atoms with van der Waals surface area (Å²) >= 11 is 0. The van der Waals surface area contributed by atoms with E-state index in [1.165, 1.54) is 6.07 Å². The Morgan fingerprint density at radius 2 is 2.18 bits per heavy atom. The first kappa shape index (κ1) is 14.1. The number of pyridine rings is 1. The minimum Gasteiger partial charge on any atom is -0.342 e. The molecule has 1 spiro atoms. The molecule has 118 valence electrons. The zero-order valence-electron chi connectivity index (χ0n) is 12.6. The fourth-order valence-corrected chi connectivity index (χ4v) is 3.91. The number of ether oxygens (including phenoxy) is 1. The molecule has 0 aromatic carbocycles. The number of nitrogens with zero attached hydrogens (tertiary/aromatic N) is 2. The predicted octanol–water partition coefficient (Wildman–Crippen LogP) is 1.67. The van der Waals surface area contributed by atoms with Crippen LogP contribution in [0.1, 0.15) is 43.0 Å². The summed E-state index contributed by atoms with van der Waals surface area (Å²) in [5.41, 5.74) is 0.497. The average Bonchev–Trinajstić information content (AvgIpc) is 3.03. The molecule has 3 aliphatic heterocycles. The molecule has 6 heteroatoms. The molecule has 4 rings (SSSR count). The second-order valence-corrected chi connectivity index (χ2v) is 6.46. The standard InChI is InChI=1S/C16H20FN3O2/c1-10-12(17)8-11(9-19-10)13-2-3-14-20(13)15(21)16(22-14)4-6-18-7-5-16/h8-9,13-14,18H,2-7H2,1H3/t13-,14+/m0/s1. The first-order chi connectivity index (χ1) is 10.6. The Morgan fingerprint density at radius 3 is 2.91 bits per heavy atom. The predicted molar refractivity (Wildman–Crippen MR) is 77.5 cm³/mol. The normalized spacial score (nSPS) is 30.1. The summed E-state index contributed by atoms with van der Waals surface area (Å²) in [5.74, 6) is -0.243. The van der Waals surface area contributed by atoms with Crippen molar-refractivity contribution < 1.29 is 13.9 Å². The molecule has 4 heterocycles. The quantitative estimate of drug-likeness (QED) is 0.857. The molecule has 1 N–H and O–H groups in total. The summed E-state index contributed by atoms with van der Waals surface area (Å²) in [7, 11) is 0. The van der Waals surface area contributed by atoms with E-state index in [1.54, 1.807) is 13.1 Å². The van der Waals surface area contributed by atoms with E-state index in [0.717, 1.165) is 31.5 Å². The molecular weight excluding hydrogens is 285 g/mol. The Kier molecular flexibility index (Phi) is 3.20. The molecule has 5 nitrogen and oxygen atoms in total. The van der Waals surface area contributed by atoms with Gasteiger partial charge in [0, 0.05) is 6.20 Å². The molecule has 3 fully saturated rings. The summed E-state index contributed by atoms with van der Waals surface area (Å²) in [4.78, 5) is 18.9. The van der Waals surface area contributed by atoms with E-state index in [4.69, 9.17) is 4.74 Å². The maximum absolute atomic E-state index is 13.8. The smallest absolute Gasteiger partial charge is 0.257 e. The molecular formula is C16H20FN3O2. The topological polar surface area (TPSA) is 54.5 Å². The highest BCUT2D eigenvalue weighted by Crippen LogP contribution is 2.46. The van der Waals surface area contributed by atoms with Crippen molar-refractivity contribution in [3.05, 3.63) is 29.3 Å². The van der Waals surface area contributed by atoms with Crippen molar-refractivity contribution in [1.29, 1.82) is 0 Å². The van der Waals surface area contributed by atoms with Gasteiger partial charge in [-0.15, -0.1) is 0 Å². The lowest BCUT2D eigenvalue weighted by molar-refractivity contribution is -0.140. The van der Waals surface area contributed by atoms with Crippen molar-refractivity contribution in [1.82, 2.24) is 15.2 Å². The van der Waals surface area contributed by atoms with Gasteiger partial charge in [-0.05, 0) is 57.3 Å². The molecule has 0 aliphatic carbocycles. The number of carbonyl (C=O) groups excluding carboxylic acids is 1. The Hall–Kier alpha value is -1.53. The summed E-state index contributed by atoms with van der Waals surface area (Å²) in [6, 6.07) is 1.39. The van der Waals surface area contributed by atoms with Gasteiger partial charge in [-0.1, -0.05) is 0 Å². The van der Waals surface area contributed by atoms with Gasteiger partial charge in [0.2, 0.25) is 0 Å². The van der Waals surface area contributed by atoms with E-state index in [0.29, 0.717) is 18.5 Å². The molecule has 0 saturated carbocycles. The summed E-state index contributed by atoms with van der Waals surface area (Å²) in [6.45, 7) is 3.25. The van der Waals surface area contributed by atoms with Gasteiger partial charge >= 0.3 is 0 Å². The fraction of sp³-hybridized carbons (Fsp3) is 0.625. The first-order valence-corrected chi connectivity index (χ1v) is 7.94. The first-order valence-electron chi connectivity index (χ1n) is 7.94. The van der Waals surface area contributed by atoms with Crippen LogP contribution in [0.4, 0.5) is 4.39 Å². The summed E-state index contributed by atoms with van der Waals surface area (Å²) < 4.78 is 20.0. The van der Waals surface area contributed by atoms with Gasteiger partial charge in [0.25, 0.3) is 5.91 Å². The van der Waals surface area contributed by atoms with Gasteiger partial charge in [0.15, 0.2) is 5.60 Å². The number of fused-ring (bicyclic) bond motifs is 1. The van der Waals surface area contributed by atoms with Crippen molar-refractivity contribution >= 4 is 5.91 Å². The average molecular weight is 305 g/mol. The maximum atomic E-state index is 13.8. The number of hydrogen-bond donors (Lipinski definition) is 1. The van der Waals surface area contributed by atoms with Crippen LogP contribution in [0.15, 0.2) is 12.3 Å².